The van der Waals surface area contributed by atoms with Crippen LogP contribution < -0.4 is 4.90 Å². The van der Waals surface area contributed by atoms with Gasteiger partial charge >= 0.3 is 0 Å². The second-order valence-corrected chi connectivity index (χ2v) is 7.36. The van der Waals surface area contributed by atoms with E-state index in [0.29, 0.717) is 6.54 Å². The Morgan fingerprint density at radius 2 is 1.85 bits per heavy atom. The molecule has 0 N–H and O–H groups in total. The van der Waals surface area contributed by atoms with Crippen LogP contribution in [0.15, 0.2) is 41.8 Å². The summed E-state index contributed by atoms with van der Waals surface area (Å²) < 4.78 is 5.38. The van der Waals surface area contributed by atoms with E-state index in [1.165, 1.54) is 17.0 Å². The van der Waals surface area contributed by atoms with Crippen molar-refractivity contribution in [3.63, 3.8) is 0 Å². The number of amides is 1. The third-order valence-electron chi connectivity index (χ3n) is 4.52. The molecule has 138 valence electrons. The van der Waals surface area contributed by atoms with E-state index in [9.17, 15) is 9.59 Å². The van der Waals surface area contributed by atoms with E-state index < -0.39 is 0 Å². The number of hydrogen-bond donors (Lipinski definition) is 0. The van der Waals surface area contributed by atoms with Gasteiger partial charge in [0.2, 0.25) is 5.91 Å². The van der Waals surface area contributed by atoms with Gasteiger partial charge < -0.3 is 14.5 Å². The molecule has 2 heterocycles. The Morgan fingerprint density at radius 3 is 2.50 bits per heavy atom. The summed E-state index contributed by atoms with van der Waals surface area (Å²) in [5.41, 5.74) is 2.27. The number of morpholine rings is 1. The summed E-state index contributed by atoms with van der Waals surface area (Å²) in [5.74, 6) is 0.0313. The van der Waals surface area contributed by atoms with Crippen LogP contribution in [0.5, 0.6) is 0 Å². The molecule has 1 aliphatic rings. The molecule has 0 spiro atoms. The van der Waals surface area contributed by atoms with E-state index in [2.05, 4.69) is 29.2 Å². The molecular weight excluding hydrogens is 348 g/mol. The lowest BCUT2D eigenvalue weighted by atomic mass is 10.1. The van der Waals surface area contributed by atoms with Gasteiger partial charge in [-0.05, 0) is 29.1 Å². The first-order valence-corrected chi connectivity index (χ1v) is 9.74. The van der Waals surface area contributed by atoms with Crippen molar-refractivity contribution in [1.29, 1.82) is 0 Å². The molecule has 0 aliphatic carbocycles. The second-order valence-electron chi connectivity index (χ2n) is 6.42. The zero-order valence-electron chi connectivity index (χ0n) is 15.0. The number of anilines is 1. The van der Waals surface area contributed by atoms with E-state index in [1.54, 1.807) is 18.0 Å². The van der Waals surface area contributed by atoms with Gasteiger partial charge in [0, 0.05) is 45.2 Å². The Hall–Kier alpha value is -2.18. The van der Waals surface area contributed by atoms with E-state index in [4.69, 9.17) is 4.74 Å². The van der Waals surface area contributed by atoms with Crippen molar-refractivity contribution in [2.75, 3.05) is 38.3 Å². The Morgan fingerprint density at radius 1 is 1.12 bits per heavy atom. The number of hydrogen-bond acceptors (Lipinski definition) is 5. The average molecular weight is 372 g/mol. The minimum atomic E-state index is -0.00726. The van der Waals surface area contributed by atoms with E-state index in [-0.39, 0.29) is 24.5 Å². The lowest BCUT2D eigenvalue weighted by molar-refractivity contribution is -0.130. The fourth-order valence-corrected chi connectivity index (χ4v) is 3.66. The minimum absolute atomic E-state index is 0.00726. The topological polar surface area (TPSA) is 49.9 Å². The molecule has 1 aromatic carbocycles. The maximum atomic E-state index is 12.3. The predicted molar refractivity (Wildman–Crippen MR) is 104 cm³/mol. The monoisotopic (exact) mass is 372 g/mol. The van der Waals surface area contributed by atoms with Crippen molar-refractivity contribution >= 4 is 28.7 Å². The van der Waals surface area contributed by atoms with Crippen LogP contribution in [0, 0.1) is 0 Å². The van der Waals surface area contributed by atoms with Crippen LogP contribution in [-0.4, -0.2) is 49.9 Å². The first kappa shape index (κ1) is 18.6. The third kappa shape index (κ3) is 4.93. The molecule has 5 nitrogen and oxygen atoms in total. The van der Waals surface area contributed by atoms with E-state index >= 15 is 0 Å². The number of ketones is 1. The Bertz CT molecular complexity index is 722. The molecule has 1 saturated heterocycles. The van der Waals surface area contributed by atoms with Crippen molar-refractivity contribution in [3.05, 3.63) is 52.2 Å². The van der Waals surface area contributed by atoms with Crippen LogP contribution in [0.4, 0.5) is 5.69 Å². The number of carbonyl (C=O) groups excluding carboxylic acids is 2. The van der Waals surface area contributed by atoms with Crippen molar-refractivity contribution < 1.29 is 14.3 Å². The summed E-state index contributed by atoms with van der Waals surface area (Å²) in [6, 6.07) is 12.0. The van der Waals surface area contributed by atoms with Gasteiger partial charge in [-0.25, -0.2) is 0 Å². The largest absolute Gasteiger partial charge is 0.378 e. The van der Waals surface area contributed by atoms with Gasteiger partial charge in [-0.3, -0.25) is 9.59 Å². The molecule has 26 heavy (non-hydrogen) atoms. The maximum absolute atomic E-state index is 12.3. The fraction of sp³-hybridized carbons (Fsp3) is 0.400. The number of rotatable bonds is 7. The van der Waals surface area contributed by atoms with E-state index in [1.807, 2.05) is 11.4 Å². The zero-order valence-corrected chi connectivity index (χ0v) is 15.8. The van der Waals surface area contributed by atoms with E-state index in [0.717, 1.165) is 36.7 Å². The number of ether oxygens (including phenoxy) is 1. The van der Waals surface area contributed by atoms with Crippen molar-refractivity contribution in [2.45, 2.75) is 19.4 Å². The van der Waals surface area contributed by atoms with Crippen LogP contribution in [0.1, 0.15) is 28.1 Å². The summed E-state index contributed by atoms with van der Waals surface area (Å²) in [4.78, 5) is 29.0. The van der Waals surface area contributed by atoms with Gasteiger partial charge in [0.25, 0.3) is 0 Å². The quantitative estimate of drug-likeness (QED) is 0.701. The molecular formula is C20H24N2O3S. The second kappa shape index (κ2) is 8.96. The first-order valence-electron chi connectivity index (χ1n) is 8.86. The number of thiophene rings is 1. The highest BCUT2D eigenvalue weighted by atomic mass is 32.1. The minimum Gasteiger partial charge on any atom is -0.378 e. The fourth-order valence-electron chi connectivity index (χ4n) is 2.97. The highest BCUT2D eigenvalue weighted by molar-refractivity contribution is 7.12. The predicted octanol–water partition coefficient (Wildman–Crippen LogP) is 3.21. The first-order chi connectivity index (χ1) is 12.6. The molecule has 1 fully saturated rings. The van der Waals surface area contributed by atoms with Gasteiger partial charge in [-0.1, -0.05) is 18.2 Å². The van der Waals surface area contributed by atoms with Gasteiger partial charge in [0.05, 0.1) is 18.1 Å². The van der Waals surface area contributed by atoms with Crippen LogP contribution in [0.3, 0.4) is 0 Å². The molecule has 0 bridgehead atoms. The smallest absolute Gasteiger partial charge is 0.223 e. The molecule has 0 unspecified atom stereocenters. The van der Waals surface area contributed by atoms with Gasteiger partial charge in [0.1, 0.15) is 0 Å². The summed E-state index contributed by atoms with van der Waals surface area (Å²) in [6.45, 7) is 3.91. The normalized spacial score (nSPS) is 14.3. The lowest BCUT2D eigenvalue weighted by Crippen LogP contribution is -2.36. The van der Waals surface area contributed by atoms with Crippen LogP contribution in [0.2, 0.25) is 0 Å². The summed E-state index contributed by atoms with van der Waals surface area (Å²) in [5, 5.41) is 1.88. The molecule has 0 saturated carbocycles. The molecule has 1 aromatic heterocycles. The molecule has 1 amide bonds. The number of Topliss-reactive ketones (excluding diaryl/α,β-unsaturated/α-hetero) is 1. The Balaban J connectivity index is 1.48. The number of benzene rings is 1. The summed E-state index contributed by atoms with van der Waals surface area (Å²) in [6.07, 6.45) is 0.513. The maximum Gasteiger partial charge on any atom is 0.223 e. The molecule has 0 radical (unpaired) electrons. The van der Waals surface area contributed by atoms with Gasteiger partial charge in [0.15, 0.2) is 5.78 Å². The Kier molecular flexibility index (Phi) is 6.41. The van der Waals surface area contributed by atoms with Gasteiger partial charge in [-0.15, -0.1) is 11.3 Å². The average Bonchev–Trinajstić information content (AvgIpc) is 3.22. The molecule has 0 atom stereocenters. The van der Waals surface area contributed by atoms with Gasteiger partial charge in [-0.2, -0.15) is 0 Å². The molecule has 2 aromatic rings. The zero-order chi connectivity index (χ0) is 18.4. The van der Waals surface area contributed by atoms with Crippen molar-refractivity contribution in [2.24, 2.45) is 0 Å². The third-order valence-corrected chi connectivity index (χ3v) is 5.43. The highest BCUT2D eigenvalue weighted by Gasteiger charge is 2.14. The van der Waals surface area contributed by atoms with Crippen molar-refractivity contribution in [1.82, 2.24) is 4.90 Å². The summed E-state index contributed by atoms with van der Waals surface area (Å²) >= 11 is 1.42. The molecule has 1 aliphatic heterocycles. The number of nitrogens with zero attached hydrogens (tertiary/aromatic N) is 2. The number of carbonyl (C=O) groups is 2. The lowest BCUT2D eigenvalue weighted by Gasteiger charge is -2.29. The molecule has 6 heteroatoms. The van der Waals surface area contributed by atoms with Crippen molar-refractivity contribution in [3.8, 4) is 0 Å². The molecule has 3 rings (SSSR count). The van der Waals surface area contributed by atoms with Crippen LogP contribution >= 0.6 is 11.3 Å². The Labute approximate surface area is 158 Å². The highest BCUT2D eigenvalue weighted by Crippen LogP contribution is 2.18. The van der Waals surface area contributed by atoms with Crippen LogP contribution in [0.25, 0.3) is 0 Å². The summed E-state index contributed by atoms with van der Waals surface area (Å²) in [7, 11) is 1.79. The standard InChI is InChI=1S/C20H24N2O3S/c1-21(20(24)9-8-18(23)19-3-2-14-26-19)15-16-4-6-17(7-5-16)22-10-12-25-13-11-22/h2-7,14H,8-13,15H2,1H3. The van der Waals surface area contributed by atoms with Crippen LogP contribution in [-0.2, 0) is 16.1 Å². The SMILES string of the molecule is CN(Cc1ccc(N2CCOCC2)cc1)C(=O)CCC(=O)c1cccs1.